The molecular formula is C11H14N2O5. The fourth-order valence-electron chi connectivity index (χ4n) is 1.84. The summed E-state index contributed by atoms with van der Waals surface area (Å²) < 4.78 is 10.2. The van der Waals surface area contributed by atoms with Crippen molar-refractivity contribution in [1.82, 2.24) is 10.1 Å². The first-order chi connectivity index (χ1) is 8.56. The number of rotatable bonds is 3. The number of morpholine rings is 1. The number of carbonyl (C=O) groups is 2. The Balaban J connectivity index is 2.00. The van der Waals surface area contributed by atoms with E-state index < -0.39 is 12.1 Å². The van der Waals surface area contributed by atoms with Crippen molar-refractivity contribution in [2.45, 2.75) is 19.4 Å². The van der Waals surface area contributed by atoms with E-state index in [2.05, 4.69) is 5.16 Å². The van der Waals surface area contributed by atoms with Gasteiger partial charge < -0.3 is 19.3 Å². The molecule has 0 bridgehead atoms. The highest BCUT2D eigenvalue weighted by atomic mass is 16.5. The highest BCUT2D eigenvalue weighted by Crippen LogP contribution is 2.13. The minimum absolute atomic E-state index is 0.112. The molecule has 1 saturated heterocycles. The molecule has 0 saturated carbocycles. The summed E-state index contributed by atoms with van der Waals surface area (Å²) in [4.78, 5) is 24.2. The largest absolute Gasteiger partial charge is 0.481 e. The molecule has 1 unspecified atom stereocenters. The standard InChI is InChI=1S/C11H14N2O5/c1-7-4-9(18-12-7)11(16)13-2-3-17-8(6-13)5-10(14)15/h4,8H,2-3,5-6H2,1H3,(H,14,15). The molecule has 0 aliphatic carbocycles. The molecule has 0 aromatic carbocycles. The van der Waals surface area contributed by atoms with Crippen LogP contribution in [0.3, 0.4) is 0 Å². The van der Waals surface area contributed by atoms with E-state index in [1.54, 1.807) is 13.0 Å². The summed E-state index contributed by atoms with van der Waals surface area (Å²) in [5.41, 5.74) is 0.633. The van der Waals surface area contributed by atoms with Gasteiger partial charge in [0.15, 0.2) is 0 Å². The Hall–Kier alpha value is -1.89. The molecular weight excluding hydrogens is 240 g/mol. The van der Waals surface area contributed by atoms with Crippen molar-refractivity contribution in [3.05, 3.63) is 17.5 Å². The summed E-state index contributed by atoms with van der Waals surface area (Å²) in [7, 11) is 0. The summed E-state index contributed by atoms with van der Waals surface area (Å²) >= 11 is 0. The number of hydrogen-bond acceptors (Lipinski definition) is 5. The van der Waals surface area contributed by atoms with E-state index in [9.17, 15) is 9.59 Å². The van der Waals surface area contributed by atoms with Crippen LogP contribution in [0.25, 0.3) is 0 Å². The molecule has 1 aromatic heterocycles. The zero-order valence-electron chi connectivity index (χ0n) is 9.96. The molecule has 1 aromatic rings. The molecule has 2 rings (SSSR count). The van der Waals surface area contributed by atoms with Gasteiger partial charge in [0.2, 0.25) is 5.76 Å². The third kappa shape index (κ3) is 2.86. The van der Waals surface area contributed by atoms with Gasteiger partial charge in [-0.3, -0.25) is 9.59 Å². The molecule has 7 heteroatoms. The third-order valence-electron chi connectivity index (χ3n) is 2.67. The number of carbonyl (C=O) groups excluding carboxylic acids is 1. The topological polar surface area (TPSA) is 92.9 Å². The number of aliphatic carboxylic acids is 1. The minimum Gasteiger partial charge on any atom is -0.481 e. The van der Waals surface area contributed by atoms with E-state index in [1.807, 2.05) is 0 Å². The van der Waals surface area contributed by atoms with Crippen LogP contribution in [0.2, 0.25) is 0 Å². The fourth-order valence-corrected chi connectivity index (χ4v) is 1.84. The number of ether oxygens (including phenoxy) is 1. The SMILES string of the molecule is Cc1cc(C(=O)N2CCOC(CC(=O)O)C2)on1. The lowest BCUT2D eigenvalue weighted by Crippen LogP contribution is -2.46. The average molecular weight is 254 g/mol. The molecule has 1 fully saturated rings. The van der Waals surface area contributed by atoms with E-state index in [-0.39, 0.29) is 24.6 Å². The molecule has 0 spiro atoms. The van der Waals surface area contributed by atoms with E-state index >= 15 is 0 Å². The quantitative estimate of drug-likeness (QED) is 0.833. The van der Waals surface area contributed by atoms with Crippen molar-refractivity contribution in [3.8, 4) is 0 Å². The first-order valence-corrected chi connectivity index (χ1v) is 5.62. The normalized spacial score (nSPS) is 19.8. The van der Waals surface area contributed by atoms with Crippen LogP contribution in [0, 0.1) is 6.92 Å². The highest BCUT2D eigenvalue weighted by Gasteiger charge is 2.28. The minimum atomic E-state index is -0.940. The van der Waals surface area contributed by atoms with Crippen molar-refractivity contribution < 1.29 is 24.0 Å². The maximum Gasteiger partial charge on any atom is 0.306 e. The van der Waals surface area contributed by atoms with Gasteiger partial charge in [-0.05, 0) is 6.92 Å². The van der Waals surface area contributed by atoms with Gasteiger partial charge >= 0.3 is 5.97 Å². The molecule has 2 heterocycles. The lowest BCUT2D eigenvalue weighted by atomic mass is 10.2. The molecule has 7 nitrogen and oxygen atoms in total. The van der Waals surface area contributed by atoms with Crippen molar-refractivity contribution in [2.24, 2.45) is 0 Å². The van der Waals surface area contributed by atoms with Gasteiger partial charge in [0, 0.05) is 19.2 Å². The van der Waals surface area contributed by atoms with Gasteiger partial charge in [-0.15, -0.1) is 0 Å². The first-order valence-electron chi connectivity index (χ1n) is 5.62. The molecule has 1 atom stereocenters. The number of nitrogens with zero attached hydrogens (tertiary/aromatic N) is 2. The van der Waals surface area contributed by atoms with Crippen LogP contribution >= 0.6 is 0 Å². The maximum atomic E-state index is 12.0. The zero-order chi connectivity index (χ0) is 13.1. The summed E-state index contributed by atoms with van der Waals surface area (Å²) in [6, 6.07) is 1.56. The Morgan fingerprint density at radius 1 is 1.61 bits per heavy atom. The Labute approximate surface area is 103 Å². The van der Waals surface area contributed by atoms with Crippen LogP contribution in [-0.2, 0) is 9.53 Å². The summed E-state index contributed by atoms with van der Waals surface area (Å²) in [6.45, 7) is 2.74. The molecule has 18 heavy (non-hydrogen) atoms. The van der Waals surface area contributed by atoms with Gasteiger partial charge in [-0.2, -0.15) is 0 Å². The predicted octanol–water partition coefficient (Wildman–Crippen LogP) is 0.299. The summed E-state index contributed by atoms with van der Waals surface area (Å²) in [5.74, 6) is -1.05. The number of aromatic nitrogens is 1. The van der Waals surface area contributed by atoms with Crippen molar-refractivity contribution in [3.63, 3.8) is 0 Å². The van der Waals surface area contributed by atoms with Crippen LogP contribution in [-0.4, -0.2) is 52.8 Å². The molecule has 1 aliphatic rings. The molecule has 1 N–H and O–H groups in total. The van der Waals surface area contributed by atoms with Crippen molar-refractivity contribution in [2.75, 3.05) is 19.7 Å². The Morgan fingerprint density at radius 2 is 2.39 bits per heavy atom. The van der Waals surface area contributed by atoms with Gasteiger partial charge in [-0.25, -0.2) is 0 Å². The number of carboxylic acids is 1. The number of amides is 1. The first kappa shape index (κ1) is 12.6. The lowest BCUT2D eigenvalue weighted by molar-refractivity contribution is -0.141. The monoisotopic (exact) mass is 254 g/mol. The Kier molecular flexibility index (Phi) is 3.61. The zero-order valence-corrected chi connectivity index (χ0v) is 9.96. The number of hydrogen-bond donors (Lipinski definition) is 1. The van der Waals surface area contributed by atoms with Crippen molar-refractivity contribution >= 4 is 11.9 Å². The van der Waals surface area contributed by atoms with E-state index in [0.717, 1.165) is 0 Å². The molecule has 0 radical (unpaired) electrons. The van der Waals surface area contributed by atoms with E-state index in [1.165, 1.54) is 4.90 Å². The van der Waals surface area contributed by atoms with Crippen molar-refractivity contribution in [1.29, 1.82) is 0 Å². The van der Waals surface area contributed by atoms with Crippen LogP contribution in [0.1, 0.15) is 22.7 Å². The van der Waals surface area contributed by atoms with Gasteiger partial charge in [0.1, 0.15) is 0 Å². The van der Waals surface area contributed by atoms with E-state index in [4.69, 9.17) is 14.4 Å². The fraction of sp³-hybridized carbons (Fsp3) is 0.545. The molecule has 1 aliphatic heterocycles. The average Bonchev–Trinajstić information content (AvgIpc) is 2.74. The second-order valence-corrected chi connectivity index (χ2v) is 4.17. The summed E-state index contributed by atoms with van der Waals surface area (Å²) in [5, 5.41) is 12.4. The molecule has 1 amide bonds. The summed E-state index contributed by atoms with van der Waals surface area (Å²) in [6.07, 6.45) is -0.580. The third-order valence-corrected chi connectivity index (χ3v) is 2.67. The van der Waals surface area contributed by atoms with Crippen LogP contribution < -0.4 is 0 Å². The highest BCUT2D eigenvalue weighted by molar-refractivity contribution is 5.91. The lowest BCUT2D eigenvalue weighted by Gasteiger charge is -2.31. The van der Waals surface area contributed by atoms with E-state index in [0.29, 0.717) is 18.8 Å². The Bertz CT molecular complexity index is 456. The smallest absolute Gasteiger partial charge is 0.306 e. The van der Waals surface area contributed by atoms with Gasteiger partial charge in [-0.1, -0.05) is 5.16 Å². The maximum absolute atomic E-state index is 12.0. The van der Waals surface area contributed by atoms with Crippen LogP contribution in [0.15, 0.2) is 10.6 Å². The second kappa shape index (κ2) is 5.18. The number of carboxylic acid groups (broad SMARTS) is 1. The van der Waals surface area contributed by atoms with Crippen LogP contribution in [0.5, 0.6) is 0 Å². The van der Waals surface area contributed by atoms with Gasteiger partial charge in [0.25, 0.3) is 5.91 Å². The molecule has 98 valence electrons. The van der Waals surface area contributed by atoms with Gasteiger partial charge in [0.05, 0.1) is 24.8 Å². The number of aryl methyl sites for hydroxylation is 1. The van der Waals surface area contributed by atoms with Crippen LogP contribution in [0.4, 0.5) is 0 Å². The Morgan fingerprint density at radius 3 is 3.00 bits per heavy atom. The second-order valence-electron chi connectivity index (χ2n) is 4.17. The predicted molar refractivity (Wildman–Crippen MR) is 59.1 cm³/mol.